The van der Waals surface area contributed by atoms with E-state index in [-0.39, 0.29) is 5.92 Å². The lowest BCUT2D eigenvalue weighted by Gasteiger charge is -2.05. The van der Waals surface area contributed by atoms with E-state index < -0.39 is 5.97 Å². The van der Waals surface area contributed by atoms with Crippen LogP contribution in [0.2, 0.25) is 0 Å². The number of hydrogen-bond donors (Lipinski definition) is 1. The van der Waals surface area contributed by atoms with Crippen molar-refractivity contribution >= 4 is 28.6 Å². The van der Waals surface area contributed by atoms with Gasteiger partial charge < -0.3 is 5.11 Å². The number of halogens is 1. The molecule has 13 heavy (non-hydrogen) atoms. The molecule has 70 valence electrons. The molecule has 0 aliphatic heterocycles. The minimum absolute atomic E-state index is 0.305. The average Bonchev–Trinajstić information content (AvgIpc) is 2.08. The number of carboxylic acids is 1. The van der Waals surface area contributed by atoms with Crippen molar-refractivity contribution in [3.63, 3.8) is 0 Å². The lowest BCUT2D eigenvalue weighted by molar-refractivity contribution is -0.141. The van der Waals surface area contributed by atoms with Gasteiger partial charge in [-0.05, 0) is 46.7 Å². The topological polar surface area (TPSA) is 37.3 Å². The molecule has 3 heteroatoms. The second-order valence-corrected chi connectivity index (χ2v) is 4.32. The van der Waals surface area contributed by atoms with Gasteiger partial charge in [0.1, 0.15) is 0 Å². The Kier molecular flexibility index (Phi) is 3.71. The number of hydrogen-bond acceptors (Lipinski definition) is 1. The quantitative estimate of drug-likeness (QED) is 0.869. The molecule has 0 heterocycles. The zero-order valence-corrected chi connectivity index (χ0v) is 9.48. The predicted octanol–water partition coefficient (Wildman–Crippen LogP) is 2.55. The van der Waals surface area contributed by atoms with Crippen LogP contribution in [0.1, 0.15) is 12.5 Å². The van der Waals surface area contributed by atoms with E-state index >= 15 is 0 Å². The van der Waals surface area contributed by atoms with E-state index in [1.807, 2.05) is 24.3 Å². The van der Waals surface area contributed by atoms with Crippen LogP contribution in [0.25, 0.3) is 0 Å². The Bertz CT molecular complexity index is 292. The maximum absolute atomic E-state index is 10.6. The van der Waals surface area contributed by atoms with Gasteiger partial charge in [0.05, 0.1) is 5.92 Å². The molecule has 0 unspecified atom stereocenters. The Labute approximate surface area is 91.1 Å². The maximum Gasteiger partial charge on any atom is 0.306 e. The molecule has 0 aromatic heterocycles. The van der Waals surface area contributed by atoms with Crippen molar-refractivity contribution in [1.82, 2.24) is 0 Å². The van der Waals surface area contributed by atoms with Gasteiger partial charge in [-0.3, -0.25) is 4.79 Å². The lowest BCUT2D eigenvalue weighted by atomic mass is 10.0. The third-order valence-electron chi connectivity index (χ3n) is 1.88. The van der Waals surface area contributed by atoms with Crippen LogP contribution >= 0.6 is 22.6 Å². The number of aliphatic carboxylic acids is 1. The number of carboxylic acid groups (broad SMARTS) is 1. The van der Waals surface area contributed by atoms with Crippen LogP contribution in [-0.2, 0) is 11.2 Å². The predicted molar refractivity (Wildman–Crippen MR) is 59.7 cm³/mol. The van der Waals surface area contributed by atoms with Gasteiger partial charge in [-0.15, -0.1) is 0 Å². The molecule has 2 nitrogen and oxygen atoms in total. The van der Waals surface area contributed by atoms with Crippen molar-refractivity contribution in [2.45, 2.75) is 13.3 Å². The highest BCUT2D eigenvalue weighted by Crippen LogP contribution is 2.11. The molecular weight excluding hydrogens is 279 g/mol. The zero-order chi connectivity index (χ0) is 9.84. The van der Waals surface area contributed by atoms with Gasteiger partial charge in [0.25, 0.3) is 0 Å². The van der Waals surface area contributed by atoms with Crippen molar-refractivity contribution in [2.75, 3.05) is 0 Å². The SMILES string of the molecule is C[C@H](Cc1ccc(I)cc1)C(=O)O. The van der Waals surface area contributed by atoms with E-state index in [4.69, 9.17) is 5.11 Å². The van der Waals surface area contributed by atoms with E-state index in [1.165, 1.54) is 3.57 Å². The molecule has 1 atom stereocenters. The van der Waals surface area contributed by atoms with Gasteiger partial charge in [-0.2, -0.15) is 0 Å². The van der Waals surface area contributed by atoms with Crippen molar-refractivity contribution < 1.29 is 9.90 Å². The average molecular weight is 290 g/mol. The minimum atomic E-state index is -0.737. The van der Waals surface area contributed by atoms with Crippen LogP contribution in [0.15, 0.2) is 24.3 Å². The first-order valence-corrected chi connectivity index (χ1v) is 5.14. The summed E-state index contributed by atoms with van der Waals surface area (Å²) in [4.78, 5) is 10.6. The highest BCUT2D eigenvalue weighted by Gasteiger charge is 2.10. The van der Waals surface area contributed by atoms with Gasteiger partial charge in [0, 0.05) is 3.57 Å². The maximum atomic E-state index is 10.6. The Morgan fingerprint density at radius 3 is 2.46 bits per heavy atom. The first-order chi connectivity index (χ1) is 6.09. The molecule has 0 aliphatic rings. The molecule has 0 amide bonds. The molecule has 0 radical (unpaired) electrons. The fraction of sp³-hybridized carbons (Fsp3) is 0.300. The third-order valence-corrected chi connectivity index (χ3v) is 2.60. The normalized spacial score (nSPS) is 12.5. The van der Waals surface area contributed by atoms with Crippen LogP contribution in [-0.4, -0.2) is 11.1 Å². The number of benzene rings is 1. The highest BCUT2D eigenvalue weighted by atomic mass is 127. The van der Waals surface area contributed by atoms with Crippen molar-refractivity contribution in [3.05, 3.63) is 33.4 Å². The first-order valence-electron chi connectivity index (χ1n) is 4.07. The van der Waals surface area contributed by atoms with Crippen LogP contribution < -0.4 is 0 Å². The Morgan fingerprint density at radius 1 is 1.46 bits per heavy atom. The van der Waals surface area contributed by atoms with E-state index in [1.54, 1.807) is 6.92 Å². The third kappa shape index (κ3) is 3.34. The summed E-state index contributed by atoms with van der Waals surface area (Å²) in [5.74, 6) is -1.04. The largest absolute Gasteiger partial charge is 0.481 e. The highest BCUT2D eigenvalue weighted by molar-refractivity contribution is 14.1. The molecule has 1 aromatic rings. The number of rotatable bonds is 3. The number of carbonyl (C=O) groups is 1. The molecule has 0 spiro atoms. The molecule has 1 N–H and O–H groups in total. The standard InChI is InChI=1S/C10H11IO2/c1-7(10(12)13)6-8-2-4-9(11)5-3-8/h2-5,7H,6H2,1H3,(H,12,13)/t7-/m1/s1. The second kappa shape index (κ2) is 4.60. The van der Waals surface area contributed by atoms with Gasteiger partial charge in [-0.25, -0.2) is 0 Å². The molecule has 0 saturated heterocycles. The smallest absolute Gasteiger partial charge is 0.306 e. The van der Waals surface area contributed by atoms with Crippen LogP contribution in [0.4, 0.5) is 0 Å². The first kappa shape index (κ1) is 10.5. The summed E-state index contributed by atoms with van der Waals surface area (Å²) in [7, 11) is 0. The Balaban J connectivity index is 2.64. The molecule has 1 aromatic carbocycles. The Morgan fingerprint density at radius 2 is 2.00 bits per heavy atom. The van der Waals surface area contributed by atoms with Gasteiger partial charge >= 0.3 is 5.97 Å². The minimum Gasteiger partial charge on any atom is -0.481 e. The van der Waals surface area contributed by atoms with Crippen LogP contribution in [0.3, 0.4) is 0 Å². The fourth-order valence-electron chi connectivity index (χ4n) is 1.06. The molecular formula is C10H11IO2. The fourth-order valence-corrected chi connectivity index (χ4v) is 1.42. The molecule has 0 bridgehead atoms. The zero-order valence-electron chi connectivity index (χ0n) is 7.33. The molecule has 0 saturated carbocycles. The van der Waals surface area contributed by atoms with E-state index in [0.29, 0.717) is 6.42 Å². The summed E-state index contributed by atoms with van der Waals surface area (Å²) >= 11 is 2.23. The summed E-state index contributed by atoms with van der Waals surface area (Å²) in [6.07, 6.45) is 0.603. The van der Waals surface area contributed by atoms with Gasteiger partial charge in [0.15, 0.2) is 0 Å². The molecule has 1 rings (SSSR count). The molecule has 0 aliphatic carbocycles. The summed E-state index contributed by atoms with van der Waals surface area (Å²) < 4.78 is 1.17. The van der Waals surface area contributed by atoms with E-state index in [9.17, 15) is 4.79 Å². The van der Waals surface area contributed by atoms with Crippen molar-refractivity contribution in [2.24, 2.45) is 5.92 Å². The lowest BCUT2D eigenvalue weighted by Crippen LogP contribution is -2.12. The monoisotopic (exact) mass is 290 g/mol. The molecule has 0 fully saturated rings. The van der Waals surface area contributed by atoms with E-state index in [2.05, 4.69) is 22.6 Å². The van der Waals surface area contributed by atoms with Gasteiger partial charge in [-0.1, -0.05) is 19.1 Å². The van der Waals surface area contributed by atoms with Gasteiger partial charge in [0.2, 0.25) is 0 Å². The van der Waals surface area contributed by atoms with Crippen LogP contribution in [0, 0.1) is 9.49 Å². The summed E-state index contributed by atoms with van der Waals surface area (Å²) in [6.45, 7) is 1.72. The summed E-state index contributed by atoms with van der Waals surface area (Å²) in [6, 6.07) is 7.93. The van der Waals surface area contributed by atoms with E-state index in [0.717, 1.165) is 5.56 Å². The summed E-state index contributed by atoms with van der Waals surface area (Å²) in [5.41, 5.74) is 1.08. The summed E-state index contributed by atoms with van der Waals surface area (Å²) in [5, 5.41) is 8.70. The van der Waals surface area contributed by atoms with Crippen LogP contribution in [0.5, 0.6) is 0 Å². The Hall–Kier alpha value is -0.580. The van der Waals surface area contributed by atoms with Crippen molar-refractivity contribution in [1.29, 1.82) is 0 Å². The van der Waals surface area contributed by atoms with Crippen molar-refractivity contribution in [3.8, 4) is 0 Å². The second-order valence-electron chi connectivity index (χ2n) is 3.07.